The summed E-state index contributed by atoms with van der Waals surface area (Å²) in [6, 6.07) is 1.07. The van der Waals surface area contributed by atoms with Crippen LogP contribution in [0.3, 0.4) is 0 Å². The molecule has 0 radical (unpaired) electrons. The molecule has 4 fully saturated rings. The minimum Gasteiger partial charge on any atom is -0.460 e. The zero-order chi connectivity index (χ0) is 20.4. The minimum absolute atomic E-state index is 0.0477. The highest BCUT2D eigenvalue weighted by Crippen LogP contribution is 2.54. The third kappa shape index (κ3) is 6.03. The lowest BCUT2D eigenvalue weighted by Crippen LogP contribution is -2.55. The molecule has 0 spiro atoms. The third-order valence-electron chi connectivity index (χ3n) is 6.82. The van der Waals surface area contributed by atoms with E-state index in [2.05, 4.69) is 33.5 Å². The monoisotopic (exact) mass is 412 g/mol. The molecule has 28 heavy (non-hydrogen) atoms. The van der Waals surface area contributed by atoms with Crippen LogP contribution in [0.5, 0.6) is 0 Å². The van der Waals surface area contributed by atoms with Crippen LogP contribution in [0.4, 0.5) is 0 Å². The average molecular weight is 413 g/mol. The summed E-state index contributed by atoms with van der Waals surface area (Å²) >= 11 is 0. The van der Waals surface area contributed by atoms with Gasteiger partial charge in [-0.3, -0.25) is 0 Å². The largest absolute Gasteiger partial charge is 0.460 e. The first-order valence-electron chi connectivity index (χ1n) is 11.2. The van der Waals surface area contributed by atoms with Crippen LogP contribution in [0.15, 0.2) is 0 Å². The van der Waals surface area contributed by atoms with Crippen LogP contribution in [0.2, 0.25) is 25.7 Å². The number of carbonyl (C=O) groups excluding carboxylic acids is 1. The smallest absolute Gasteiger partial charge is 0.332 e. The predicted molar refractivity (Wildman–Crippen MR) is 112 cm³/mol. The normalized spacial score (nSPS) is 35.0. The molecular formula is C22H40O5Si. The lowest BCUT2D eigenvalue weighted by molar-refractivity contribution is -0.243. The first-order chi connectivity index (χ1) is 13.1. The van der Waals surface area contributed by atoms with E-state index < -0.39 is 8.07 Å². The van der Waals surface area contributed by atoms with Gasteiger partial charge < -0.3 is 18.9 Å². The van der Waals surface area contributed by atoms with Crippen molar-refractivity contribution in [1.82, 2.24) is 0 Å². The molecular weight excluding hydrogens is 372 g/mol. The Morgan fingerprint density at radius 2 is 1.89 bits per heavy atom. The summed E-state index contributed by atoms with van der Waals surface area (Å²) in [5.74, 6) is 0.562. The molecule has 5 unspecified atom stereocenters. The summed E-state index contributed by atoms with van der Waals surface area (Å²) in [7, 11) is -1.13. The molecule has 4 aliphatic rings. The summed E-state index contributed by atoms with van der Waals surface area (Å²) < 4.78 is 23.7. The van der Waals surface area contributed by atoms with E-state index in [-0.39, 0.29) is 42.4 Å². The molecule has 5 nitrogen and oxygen atoms in total. The molecule has 0 aromatic heterocycles. The van der Waals surface area contributed by atoms with Gasteiger partial charge in [0.2, 0.25) is 0 Å². The quantitative estimate of drug-likeness (QED) is 0.331. The van der Waals surface area contributed by atoms with Crippen LogP contribution in [-0.4, -0.2) is 52.4 Å². The molecule has 3 saturated carbocycles. The van der Waals surface area contributed by atoms with Gasteiger partial charge in [0.25, 0.3) is 0 Å². The maximum atomic E-state index is 12.4. The SMILES string of the molecule is CC1(C)CC2C(OC(=O)COCC[Si](C)(C)C)CC1CC2OC1CCCCO1. The van der Waals surface area contributed by atoms with Crippen molar-refractivity contribution in [2.75, 3.05) is 19.8 Å². The van der Waals surface area contributed by atoms with Crippen molar-refractivity contribution in [1.29, 1.82) is 0 Å². The van der Waals surface area contributed by atoms with E-state index >= 15 is 0 Å². The number of carbonyl (C=O) groups is 1. The van der Waals surface area contributed by atoms with Gasteiger partial charge >= 0.3 is 5.97 Å². The Hall–Kier alpha value is -0.433. The summed E-state index contributed by atoms with van der Waals surface area (Å²) in [6.45, 7) is 13.1. The van der Waals surface area contributed by atoms with Crippen LogP contribution in [0.1, 0.15) is 52.4 Å². The summed E-state index contributed by atoms with van der Waals surface area (Å²) in [5.41, 5.74) is 0.286. The van der Waals surface area contributed by atoms with E-state index in [1.54, 1.807) is 0 Å². The first-order valence-corrected chi connectivity index (χ1v) is 14.9. The van der Waals surface area contributed by atoms with Crippen molar-refractivity contribution < 1.29 is 23.7 Å². The Bertz CT molecular complexity index is 524. The van der Waals surface area contributed by atoms with Gasteiger partial charge in [0.1, 0.15) is 12.7 Å². The molecule has 0 aromatic carbocycles. The molecule has 1 saturated heterocycles. The fourth-order valence-electron chi connectivity index (χ4n) is 4.96. The fraction of sp³-hybridized carbons (Fsp3) is 0.955. The van der Waals surface area contributed by atoms with Gasteiger partial charge in [-0.2, -0.15) is 0 Å². The topological polar surface area (TPSA) is 54.0 Å². The van der Waals surface area contributed by atoms with Crippen LogP contribution < -0.4 is 0 Å². The number of rotatable bonds is 8. The molecule has 0 N–H and O–H groups in total. The van der Waals surface area contributed by atoms with Crippen molar-refractivity contribution >= 4 is 14.0 Å². The lowest BCUT2D eigenvalue weighted by Gasteiger charge is -2.55. The Balaban J connectivity index is 1.51. The molecule has 3 aliphatic carbocycles. The van der Waals surface area contributed by atoms with Crippen LogP contribution in [0.25, 0.3) is 0 Å². The van der Waals surface area contributed by atoms with Gasteiger partial charge in [0.05, 0.1) is 6.10 Å². The van der Waals surface area contributed by atoms with E-state index in [1.165, 1.54) is 6.42 Å². The van der Waals surface area contributed by atoms with E-state index in [0.717, 1.165) is 44.8 Å². The maximum absolute atomic E-state index is 12.4. The van der Waals surface area contributed by atoms with Gasteiger partial charge in [-0.25, -0.2) is 4.79 Å². The number of hydrogen-bond acceptors (Lipinski definition) is 5. The minimum atomic E-state index is -1.13. The molecule has 1 heterocycles. The third-order valence-corrected chi connectivity index (χ3v) is 8.52. The fourth-order valence-corrected chi connectivity index (χ4v) is 5.72. The van der Waals surface area contributed by atoms with Gasteiger partial charge in [0, 0.05) is 27.2 Å². The highest BCUT2D eigenvalue weighted by molar-refractivity contribution is 6.76. The Labute approximate surface area is 171 Å². The number of hydrogen-bond donors (Lipinski definition) is 0. The second-order valence-corrected chi connectivity index (χ2v) is 16.5. The molecule has 1 aliphatic heterocycles. The number of ether oxygens (including phenoxy) is 4. The van der Waals surface area contributed by atoms with Crippen LogP contribution in [-0.2, 0) is 23.7 Å². The van der Waals surface area contributed by atoms with E-state index in [9.17, 15) is 4.79 Å². The Kier molecular flexibility index (Phi) is 7.27. The molecule has 0 aromatic rings. The second-order valence-electron chi connectivity index (χ2n) is 10.9. The summed E-state index contributed by atoms with van der Waals surface area (Å²) in [5, 5.41) is 0. The number of fused-ring (bicyclic) bond motifs is 3. The zero-order valence-corrected chi connectivity index (χ0v) is 19.5. The lowest BCUT2D eigenvalue weighted by atomic mass is 9.55. The Morgan fingerprint density at radius 1 is 1.14 bits per heavy atom. The van der Waals surface area contributed by atoms with Crippen LogP contribution in [0, 0.1) is 17.3 Å². The van der Waals surface area contributed by atoms with Crippen molar-refractivity contribution in [3.63, 3.8) is 0 Å². The highest BCUT2D eigenvalue weighted by Gasteiger charge is 2.53. The van der Waals surface area contributed by atoms with Gasteiger partial charge in [-0.1, -0.05) is 33.5 Å². The standard InChI is InChI=1S/C22H40O5Si/c1-22(2)14-17-18(26-20(23)15-24-10-11-28(3,4)5)12-16(22)13-19(17)27-21-8-6-7-9-25-21/h16-19,21H,6-15H2,1-5H3. The molecule has 6 heteroatoms. The van der Waals surface area contributed by atoms with Crippen molar-refractivity contribution in [3.8, 4) is 0 Å². The molecule has 2 bridgehead atoms. The highest BCUT2D eigenvalue weighted by atomic mass is 28.3. The van der Waals surface area contributed by atoms with Crippen LogP contribution >= 0.6 is 0 Å². The summed E-state index contributed by atoms with van der Waals surface area (Å²) in [4.78, 5) is 12.4. The van der Waals surface area contributed by atoms with Crippen molar-refractivity contribution in [2.24, 2.45) is 17.3 Å². The van der Waals surface area contributed by atoms with Gasteiger partial charge in [-0.15, -0.1) is 0 Å². The van der Waals surface area contributed by atoms with Gasteiger partial charge in [0.15, 0.2) is 6.29 Å². The predicted octanol–water partition coefficient (Wildman–Crippen LogP) is 4.62. The maximum Gasteiger partial charge on any atom is 0.332 e. The van der Waals surface area contributed by atoms with Crippen molar-refractivity contribution in [2.45, 2.75) is 96.6 Å². The molecule has 162 valence electrons. The average Bonchev–Trinajstić information content (AvgIpc) is 2.60. The van der Waals surface area contributed by atoms with E-state index in [1.807, 2.05) is 0 Å². The molecule has 0 amide bonds. The zero-order valence-electron chi connectivity index (χ0n) is 18.5. The second kappa shape index (κ2) is 9.15. The van der Waals surface area contributed by atoms with E-state index in [0.29, 0.717) is 12.5 Å². The Morgan fingerprint density at radius 3 is 2.54 bits per heavy atom. The van der Waals surface area contributed by atoms with E-state index in [4.69, 9.17) is 18.9 Å². The molecule has 4 rings (SSSR count). The van der Waals surface area contributed by atoms with Crippen molar-refractivity contribution in [3.05, 3.63) is 0 Å². The summed E-state index contributed by atoms with van der Waals surface area (Å²) in [6.07, 6.45) is 6.33. The van der Waals surface area contributed by atoms with Gasteiger partial charge in [-0.05, 0) is 55.9 Å². The molecule has 5 atom stereocenters. The number of esters is 1. The first kappa shape index (κ1) is 22.3.